The molecule has 1 aromatic rings. The molecule has 0 aromatic carbocycles. The van der Waals surface area contributed by atoms with Gasteiger partial charge in [0.25, 0.3) is 5.56 Å². The van der Waals surface area contributed by atoms with Gasteiger partial charge < -0.3 is 19.2 Å². The van der Waals surface area contributed by atoms with Crippen LogP contribution >= 0.6 is 0 Å². The van der Waals surface area contributed by atoms with Crippen molar-refractivity contribution in [1.29, 1.82) is 0 Å². The summed E-state index contributed by atoms with van der Waals surface area (Å²) in [4.78, 5) is 17.2. The van der Waals surface area contributed by atoms with Gasteiger partial charge in [0.2, 0.25) is 0 Å². The van der Waals surface area contributed by atoms with Crippen molar-refractivity contribution in [3.8, 4) is 0 Å². The summed E-state index contributed by atoms with van der Waals surface area (Å²) in [6.07, 6.45) is 5.23. The maximum Gasteiger partial charge on any atom is 0.496 e. The van der Waals surface area contributed by atoms with E-state index in [0.29, 0.717) is 0 Å². The van der Waals surface area contributed by atoms with Crippen LogP contribution in [0, 0.1) is 0 Å². The van der Waals surface area contributed by atoms with E-state index < -0.39 is 7.12 Å². The molecule has 5 nitrogen and oxygen atoms in total. The van der Waals surface area contributed by atoms with Crippen molar-refractivity contribution >= 4 is 18.3 Å². The van der Waals surface area contributed by atoms with Gasteiger partial charge in [-0.3, -0.25) is 4.79 Å². The first kappa shape index (κ1) is 15.6. The predicted molar refractivity (Wildman–Crippen MR) is 88.8 cm³/mol. The number of H-pyrrole nitrogens is 1. The maximum atomic E-state index is 12.2. The minimum Gasteiger partial charge on any atom is -0.399 e. The number of aromatic nitrogens is 1. The normalized spacial score (nSPS) is 23.8. The fourth-order valence-electron chi connectivity index (χ4n) is 2.97. The molecular weight excluding hydrogens is 279 g/mol. The number of rotatable bonds is 2. The third kappa shape index (κ3) is 2.70. The Balaban J connectivity index is 1.88. The zero-order valence-corrected chi connectivity index (χ0v) is 13.9. The van der Waals surface area contributed by atoms with Gasteiger partial charge in [-0.15, -0.1) is 0 Å². The van der Waals surface area contributed by atoms with Gasteiger partial charge in [-0.25, -0.2) is 0 Å². The zero-order valence-electron chi connectivity index (χ0n) is 13.9. The van der Waals surface area contributed by atoms with Crippen LogP contribution < -0.4 is 15.9 Å². The summed E-state index contributed by atoms with van der Waals surface area (Å²) in [6.45, 7) is 10.0. The molecule has 2 aliphatic heterocycles. The molecule has 2 saturated heterocycles. The highest BCUT2D eigenvalue weighted by molar-refractivity contribution is 6.62. The molecule has 120 valence electrons. The van der Waals surface area contributed by atoms with Crippen molar-refractivity contribution in [3.05, 3.63) is 22.6 Å². The number of hydrogen-bond donors (Lipinski definition) is 1. The highest BCUT2D eigenvalue weighted by atomic mass is 16.7. The predicted octanol–water partition coefficient (Wildman–Crippen LogP) is 1.66. The van der Waals surface area contributed by atoms with Crippen LogP contribution in [0.5, 0.6) is 0 Å². The lowest BCUT2D eigenvalue weighted by Gasteiger charge is -2.32. The number of hydrogen-bond acceptors (Lipinski definition) is 4. The maximum absolute atomic E-state index is 12.2. The molecule has 3 rings (SSSR count). The van der Waals surface area contributed by atoms with Crippen LogP contribution in [-0.2, 0) is 9.31 Å². The Labute approximate surface area is 132 Å². The van der Waals surface area contributed by atoms with E-state index in [0.717, 1.165) is 37.1 Å². The highest BCUT2D eigenvalue weighted by Gasteiger charge is 2.51. The van der Waals surface area contributed by atoms with E-state index in [1.807, 2.05) is 33.8 Å². The number of aromatic amines is 1. The Bertz CT molecular complexity index is 590. The molecule has 0 unspecified atom stereocenters. The molecule has 6 heteroatoms. The Morgan fingerprint density at radius 2 is 1.68 bits per heavy atom. The summed E-state index contributed by atoms with van der Waals surface area (Å²) in [7, 11) is -0.439. The largest absolute Gasteiger partial charge is 0.496 e. The Hall–Kier alpha value is -1.27. The molecule has 0 radical (unpaired) electrons. The molecule has 0 bridgehead atoms. The van der Waals surface area contributed by atoms with Crippen molar-refractivity contribution in [2.45, 2.75) is 58.2 Å². The summed E-state index contributed by atoms with van der Waals surface area (Å²) in [5.74, 6) is 0. The fourth-order valence-corrected chi connectivity index (χ4v) is 2.97. The van der Waals surface area contributed by atoms with Gasteiger partial charge in [0, 0.05) is 24.7 Å². The lowest BCUT2D eigenvalue weighted by molar-refractivity contribution is 0.00578. The van der Waals surface area contributed by atoms with Gasteiger partial charge in [-0.05, 0) is 53.0 Å². The molecule has 1 N–H and O–H groups in total. The Morgan fingerprint density at radius 3 is 2.27 bits per heavy atom. The SMILES string of the molecule is CC1(C)OB(c2c[nH]c(=O)c(N3CCCCC3)c2)OC1(C)C. The molecule has 0 saturated carbocycles. The summed E-state index contributed by atoms with van der Waals surface area (Å²) >= 11 is 0. The second-order valence-electron chi connectivity index (χ2n) is 7.28. The molecule has 2 aliphatic rings. The standard InChI is InChI=1S/C16H25BN2O3/c1-15(2)16(3,4)22-17(21-15)12-10-13(14(20)18-11-12)19-8-6-5-7-9-19/h10-11H,5-9H2,1-4H3,(H,18,20). The van der Waals surface area contributed by atoms with Crippen LogP contribution in [0.2, 0.25) is 0 Å². The topological polar surface area (TPSA) is 54.6 Å². The van der Waals surface area contributed by atoms with Crippen LogP contribution in [0.1, 0.15) is 47.0 Å². The fraction of sp³-hybridized carbons (Fsp3) is 0.688. The molecule has 0 aliphatic carbocycles. The van der Waals surface area contributed by atoms with Gasteiger partial charge in [0.15, 0.2) is 0 Å². The Kier molecular flexibility index (Phi) is 3.85. The molecule has 1 aromatic heterocycles. The van der Waals surface area contributed by atoms with Gasteiger partial charge >= 0.3 is 7.12 Å². The summed E-state index contributed by atoms with van der Waals surface area (Å²) in [6, 6.07) is 1.92. The quantitative estimate of drug-likeness (QED) is 0.844. The summed E-state index contributed by atoms with van der Waals surface area (Å²) < 4.78 is 12.1. The molecule has 3 heterocycles. The molecular formula is C16H25BN2O3. The van der Waals surface area contributed by atoms with Crippen molar-refractivity contribution in [2.24, 2.45) is 0 Å². The molecule has 22 heavy (non-hydrogen) atoms. The van der Waals surface area contributed by atoms with E-state index in [1.54, 1.807) is 6.20 Å². The third-order valence-electron chi connectivity index (χ3n) is 5.13. The average molecular weight is 304 g/mol. The average Bonchev–Trinajstić information content (AvgIpc) is 2.69. The van der Waals surface area contributed by atoms with E-state index in [4.69, 9.17) is 9.31 Å². The third-order valence-corrected chi connectivity index (χ3v) is 5.13. The first-order valence-electron chi connectivity index (χ1n) is 8.13. The second-order valence-corrected chi connectivity index (χ2v) is 7.28. The molecule has 0 spiro atoms. The smallest absolute Gasteiger partial charge is 0.399 e. The van der Waals surface area contributed by atoms with Crippen LogP contribution in [0.15, 0.2) is 17.1 Å². The van der Waals surface area contributed by atoms with E-state index >= 15 is 0 Å². The Morgan fingerprint density at radius 1 is 1.09 bits per heavy atom. The van der Waals surface area contributed by atoms with Gasteiger partial charge in [-0.2, -0.15) is 0 Å². The minimum absolute atomic E-state index is 0.0397. The monoisotopic (exact) mass is 304 g/mol. The number of pyridine rings is 1. The number of nitrogens with zero attached hydrogens (tertiary/aromatic N) is 1. The number of anilines is 1. The van der Waals surface area contributed by atoms with Crippen LogP contribution in [0.25, 0.3) is 0 Å². The zero-order chi connectivity index (χ0) is 16.0. The number of piperidine rings is 1. The van der Waals surface area contributed by atoms with E-state index in [9.17, 15) is 4.79 Å². The minimum atomic E-state index is -0.439. The lowest BCUT2D eigenvalue weighted by atomic mass is 9.80. The second kappa shape index (κ2) is 5.42. The van der Waals surface area contributed by atoms with Gasteiger partial charge in [-0.1, -0.05) is 0 Å². The molecule has 0 atom stereocenters. The first-order chi connectivity index (χ1) is 10.3. The van der Waals surface area contributed by atoms with Crippen molar-refractivity contribution in [2.75, 3.05) is 18.0 Å². The van der Waals surface area contributed by atoms with E-state index in [-0.39, 0.29) is 16.8 Å². The summed E-state index contributed by atoms with van der Waals surface area (Å²) in [5, 5.41) is 0. The van der Waals surface area contributed by atoms with Crippen LogP contribution in [-0.4, -0.2) is 36.4 Å². The molecule has 2 fully saturated rings. The van der Waals surface area contributed by atoms with Crippen LogP contribution in [0.3, 0.4) is 0 Å². The summed E-state index contributed by atoms with van der Waals surface area (Å²) in [5.41, 5.74) is 0.811. The van der Waals surface area contributed by atoms with Crippen LogP contribution in [0.4, 0.5) is 5.69 Å². The van der Waals surface area contributed by atoms with E-state index in [1.165, 1.54) is 6.42 Å². The lowest BCUT2D eigenvalue weighted by Crippen LogP contribution is -2.41. The van der Waals surface area contributed by atoms with Gasteiger partial charge in [0.1, 0.15) is 5.69 Å². The first-order valence-corrected chi connectivity index (χ1v) is 8.13. The van der Waals surface area contributed by atoms with Crippen molar-refractivity contribution in [1.82, 2.24) is 4.98 Å². The van der Waals surface area contributed by atoms with Crippen molar-refractivity contribution in [3.63, 3.8) is 0 Å². The van der Waals surface area contributed by atoms with Crippen molar-refractivity contribution < 1.29 is 9.31 Å². The molecule has 0 amide bonds. The van der Waals surface area contributed by atoms with E-state index in [2.05, 4.69) is 9.88 Å². The highest BCUT2D eigenvalue weighted by Crippen LogP contribution is 2.36. The number of nitrogens with one attached hydrogen (secondary N) is 1. The van der Waals surface area contributed by atoms with Gasteiger partial charge in [0.05, 0.1) is 11.2 Å².